The van der Waals surface area contributed by atoms with Crippen LogP contribution in [0.3, 0.4) is 0 Å². The van der Waals surface area contributed by atoms with Gasteiger partial charge in [-0.1, -0.05) is 41.6 Å². The number of carboxylic acids is 2. The smallest absolute Gasteiger partial charge is 0.328 e. The molecule has 0 bridgehead atoms. The highest BCUT2D eigenvalue weighted by molar-refractivity contribution is 7.99. The molecule has 0 amide bonds. The number of ether oxygens (including phenoxy) is 1. The predicted octanol–water partition coefficient (Wildman–Crippen LogP) is 4.06. The van der Waals surface area contributed by atoms with Crippen molar-refractivity contribution < 1.29 is 24.5 Å². The molecule has 2 aromatic carbocycles. The molecule has 0 spiro atoms. The summed E-state index contributed by atoms with van der Waals surface area (Å²) in [5.74, 6) is -2.51. The number of aliphatic carboxylic acids is 2. The van der Waals surface area contributed by atoms with Crippen LogP contribution in [0.15, 0.2) is 64.4 Å². The minimum Gasteiger partial charge on any atom is -0.478 e. The molecule has 2 aliphatic heterocycles. The molecule has 2 aliphatic rings. The van der Waals surface area contributed by atoms with Gasteiger partial charge in [0.2, 0.25) is 0 Å². The zero-order chi connectivity index (χ0) is 24.5. The molecule has 7 nitrogen and oxygen atoms in total. The molecule has 2 N–H and O–H groups in total. The molecule has 0 aromatic heterocycles. The fourth-order valence-electron chi connectivity index (χ4n) is 4.08. The van der Waals surface area contributed by atoms with Crippen LogP contribution in [-0.4, -0.2) is 78.4 Å². The molecule has 182 valence electrons. The number of halogens is 1. The molecule has 0 saturated carbocycles. The van der Waals surface area contributed by atoms with E-state index in [1.807, 2.05) is 17.8 Å². The van der Waals surface area contributed by atoms with Gasteiger partial charge < -0.3 is 14.9 Å². The van der Waals surface area contributed by atoms with Gasteiger partial charge in [0.1, 0.15) is 0 Å². The average Bonchev–Trinajstić information content (AvgIpc) is 2.99. The number of rotatable bonds is 6. The van der Waals surface area contributed by atoms with E-state index in [1.165, 1.54) is 20.9 Å². The van der Waals surface area contributed by atoms with Crippen LogP contribution in [0, 0.1) is 0 Å². The van der Waals surface area contributed by atoms with Gasteiger partial charge in [0.15, 0.2) is 0 Å². The molecule has 2 heterocycles. The van der Waals surface area contributed by atoms with E-state index < -0.39 is 11.9 Å². The maximum Gasteiger partial charge on any atom is 0.328 e. The van der Waals surface area contributed by atoms with Crippen LogP contribution in [0.4, 0.5) is 0 Å². The van der Waals surface area contributed by atoms with Crippen molar-refractivity contribution >= 4 is 35.3 Å². The molecule has 34 heavy (non-hydrogen) atoms. The number of hydrogen-bond acceptors (Lipinski definition) is 6. The topological polar surface area (TPSA) is 90.3 Å². The van der Waals surface area contributed by atoms with Crippen LogP contribution >= 0.6 is 23.4 Å². The Morgan fingerprint density at radius 2 is 1.74 bits per heavy atom. The van der Waals surface area contributed by atoms with Crippen molar-refractivity contribution in [2.45, 2.75) is 22.3 Å². The summed E-state index contributed by atoms with van der Waals surface area (Å²) in [5, 5.41) is 16.5. The van der Waals surface area contributed by atoms with Gasteiger partial charge in [0, 0.05) is 72.8 Å². The van der Waals surface area contributed by atoms with Crippen molar-refractivity contribution in [1.29, 1.82) is 0 Å². The van der Waals surface area contributed by atoms with E-state index in [4.69, 9.17) is 26.6 Å². The lowest BCUT2D eigenvalue weighted by Crippen LogP contribution is -2.48. The third kappa shape index (κ3) is 7.58. The molecule has 1 unspecified atom stereocenters. The van der Waals surface area contributed by atoms with Gasteiger partial charge in [0.05, 0.1) is 6.61 Å². The first-order valence-electron chi connectivity index (χ1n) is 11.0. The van der Waals surface area contributed by atoms with Crippen LogP contribution in [-0.2, 0) is 20.7 Å². The van der Waals surface area contributed by atoms with Gasteiger partial charge in [0.25, 0.3) is 0 Å². The van der Waals surface area contributed by atoms with Crippen molar-refractivity contribution in [3.8, 4) is 0 Å². The molecule has 0 aliphatic carbocycles. The fraction of sp³-hybridized carbons (Fsp3) is 0.360. The Kier molecular flexibility index (Phi) is 9.98. The summed E-state index contributed by atoms with van der Waals surface area (Å²) >= 11 is 8.18. The van der Waals surface area contributed by atoms with E-state index in [9.17, 15) is 9.59 Å². The van der Waals surface area contributed by atoms with E-state index in [-0.39, 0.29) is 0 Å². The average molecular weight is 505 g/mol. The van der Waals surface area contributed by atoms with Crippen LogP contribution in [0.2, 0.25) is 5.02 Å². The molecule has 2 aromatic rings. The third-order valence-corrected chi connectivity index (χ3v) is 7.21. The van der Waals surface area contributed by atoms with E-state index >= 15 is 0 Å². The first-order chi connectivity index (χ1) is 16.4. The van der Waals surface area contributed by atoms with E-state index in [0.717, 1.165) is 50.8 Å². The maximum atomic E-state index is 9.55. The zero-order valence-electron chi connectivity index (χ0n) is 19.0. The van der Waals surface area contributed by atoms with E-state index in [1.54, 1.807) is 7.11 Å². The monoisotopic (exact) mass is 504 g/mol. The zero-order valence-corrected chi connectivity index (χ0v) is 20.6. The predicted molar refractivity (Wildman–Crippen MR) is 133 cm³/mol. The second-order valence-electron chi connectivity index (χ2n) is 7.99. The van der Waals surface area contributed by atoms with Crippen molar-refractivity contribution in [2.24, 2.45) is 0 Å². The van der Waals surface area contributed by atoms with Gasteiger partial charge in [-0.2, -0.15) is 0 Å². The molecule has 1 atom stereocenters. The number of fused-ring (bicyclic) bond motifs is 2. The summed E-state index contributed by atoms with van der Waals surface area (Å²) in [5.41, 5.74) is 2.82. The van der Waals surface area contributed by atoms with Crippen molar-refractivity contribution in [3.05, 3.63) is 70.8 Å². The van der Waals surface area contributed by atoms with Crippen LogP contribution in [0.1, 0.15) is 17.2 Å². The van der Waals surface area contributed by atoms with E-state index in [0.29, 0.717) is 18.2 Å². The first kappa shape index (κ1) is 26.2. The van der Waals surface area contributed by atoms with Gasteiger partial charge in [-0.25, -0.2) is 9.59 Å². The van der Waals surface area contributed by atoms with Crippen LogP contribution in [0.25, 0.3) is 0 Å². The number of piperazine rings is 1. The van der Waals surface area contributed by atoms with Crippen molar-refractivity contribution in [1.82, 2.24) is 9.80 Å². The summed E-state index contributed by atoms with van der Waals surface area (Å²) in [4.78, 5) is 27.0. The fourth-order valence-corrected chi connectivity index (χ4v) is 5.39. The number of methoxy groups -OCH3 is 1. The normalized spacial score (nSPS) is 18.4. The summed E-state index contributed by atoms with van der Waals surface area (Å²) in [6, 6.07) is 15.6. The van der Waals surface area contributed by atoms with Crippen LogP contribution < -0.4 is 0 Å². The highest BCUT2D eigenvalue weighted by atomic mass is 35.5. The number of nitrogens with zero attached hydrogens (tertiary/aromatic N) is 2. The highest BCUT2D eigenvalue weighted by Gasteiger charge is 2.29. The van der Waals surface area contributed by atoms with Crippen LogP contribution in [0.5, 0.6) is 0 Å². The summed E-state index contributed by atoms with van der Waals surface area (Å²) in [7, 11) is 1.78. The van der Waals surface area contributed by atoms with Crippen molar-refractivity contribution in [2.75, 3.05) is 46.4 Å². The Labute approximate surface area is 209 Å². The Morgan fingerprint density at radius 3 is 2.38 bits per heavy atom. The summed E-state index contributed by atoms with van der Waals surface area (Å²) in [6.07, 6.45) is 2.14. The first-order valence-corrected chi connectivity index (χ1v) is 12.2. The molecule has 9 heteroatoms. The van der Waals surface area contributed by atoms with Gasteiger partial charge in [-0.3, -0.25) is 9.80 Å². The Balaban J connectivity index is 0.000000350. The van der Waals surface area contributed by atoms with Gasteiger partial charge in [-0.05, 0) is 41.8 Å². The minimum atomic E-state index is -1.26. The molecule has 0 radical (unpaired) electrons. The largest absolute Gasteiger partial charge is 0.478 e. The van der Waals surface area contributed by atoms with Crippen molar-refractivity contribution in [3.63, 3.8) is 0 Å². The third-order valence-electron chi connectivity index (χ3n) is 5.76. The Morgan fingerprint density at radius 1 is 1.06 bits per heavy atom. The Bertz CT molecular complexity index is 1010. The molecule has 4 rings (SSSR count). The lowest BCUT2D eigenvalue weighted by molar-refractivity contribution is -0.134. The molecular weight excluding hydrogens is 476 g/mol. The maximum absolute atomic E-state index is 9.55. The molecular formula is C25H29ClN2O5S. The number of carbonyl (C=O) groups is 2. The quantitative estimate of drug-likeness (QED) is 0.569. The SMILES string of the molecule is COCCN1CCN(C2Cc3cc(Cl)ccc3Sc3ccccc32)CC1.O=C(O)/C=C\C(=O)O. The summed E-state index contributed by atoms with van der Waals surface area (Å²) < 4.78 is 5.23. The minimum absolute atomic E-state index is 0.419. The second-order valence-corrected chi connectivity index (χ2v) is 9.51. The van der Waals surface area contributed by atoms with E-state index in [2.05, 4.69) is 46.2 Å². The molecule has 1 saturated heterocycles. The standard InChI is InChI=1S/C21H25ClN2OS.C4H4O4/c1-25-13-12-23-8-10-24(11-9-23)19-15-16-14-17(22)6-7-20(16)26-21-5-3-2-4-18(19)21;5-3(6)1-2-4(7)8/h2-7,14,19H,8-13,15H2,1H3;1-2H,(H,5,6)(H,7,8)/b;2-1-. The molecule has 1 fully saturated rings. The van der Waals surface area contributed by atoms with Gasteiger partial charge in [-0.15, -0.1) is 0 Å². The Hall–Kier alpha value is -2.36. The number of benzene rings is 2. The second kappa shape index (κ2) is 12.9. The number of carboxylic acid groups (broad SMARTS) is 2. The lowest BCUT2D eigenvalue weighted by atomic mass is 9.96. The highest BCUT2D eigenvalue weighted by Crippen LogP contribution is 2.43. The van der Waals surface area contributed by atoms with Gasteiger partial charge >= 0.3 is 11.9 Å². The summed E-state index contributed by atoms with van der Waals surface area (Å²) in [6.45, 7) is 6.26. The number of hydrogen-bond donors (Lipinski definition) is 2. The lowest BCUT2D eigenvalue weighted by Gasteiger charge is -2.39.